The van der Waals surface area contributed by atoms with Gasteiger partial charge in [0.15, 0.2) is 8.32 Å². The van der Waals surface area contributed by atoms with Crippen molar-refractivity contribution in [3.8, 4) is 11.1 Å². The Morgan fingerprint density at radius 1 is 1.08 bits per heavy atom. The Morgan fingerprint density at radius 3 is 2.31 bits per heavy atom. The second-order valence-corrected chi connectivity index (χ2v) is 14.2. The summed E-state index contributed by atoms with van der Waals surface area (Å²) in [4.78, 5) is 1.28. The quantitative estimate of drug-likeness (QED) is 0.446. The van der Waals surface area contributed by atoms with Crippen molar-refractivity contribution < 1.29 is 4.43 Å². The summed E-state index contributed by atoms with van der Waals surface area (Å²) in [5.74, 6) is 0.945. The molecule has 0 aliphatic heterocycles. The molecule has 142 valence electrons. The molecule has 1 atom stereocenters. The fourth-order valence-electron chi connectivity index (χ4n) is 2.59. The summed E-state index contributed by atoms with van der Waals surface area (Å²) < 4.78 is 6.52. The van der Waals surface area contributed by atoms with Crippen LogP contribution < -0.4 is 5.73 Å². The van der Waals surface area contributed by atoms with Crippen LogP contribution in [0.1, 0.15) is 33.3 Å². The molecule has 0 aromatic heterocycles. The van der Waals surface area contributed by atoms with E-state index in [1.165, 1.54) is 21.6 Å². The minimum Gasteiger partial charge on any atom is -0.413 e. The van der Waals surface area contributed by atoms with E-state index in [0.717, 1.165) is 5.75 Å². The third-order valence-corrected chi connectivity index (χ3v) is 11.0. The maximum Gasteiger partial charge on any atom is 0.192 e. The number of rotatable bonds is 7. The smallest absolute Gasteiger partial charge is 0.192 e. The molecule has 0 saturated carbocycles. The van der Waals surface area contributed by atoms with Crippen LogP contribution >= 0.6 is 11.8 Å². The normalized spacial score (nSPS) is 13.7. The highest BCUT2D eigenvalue weighted by molar-refractivity contribution is 7.99. The lowest BCUT2D eigenvalue weighted by molar-refractivity contribution is 0.222. The lowest BCUT2D eigenvalue weighted by Crippen LogP contribution is -2.43. The van der Waals surface area contributed by atoms with Gasteiger partial charge >= 0.3 is 0 Å². The molecule has 1 unspecified atom stereocenters. The van der Waals surface area contributed by atoms with Gasteiger partial charge in [-0.05, 0) is 47.8 Å². The molecule has 0 aliphatic carbocycles. The van der Waals surface area contributed by atoms with Crippen molar-refractivity contribution in [1.29, 1.82) is 0 Å². The summed E-state index contributed by atoms with van der Waals surface area (Å²) in [6.45, 7) is 14.3. The molecule has 4 heteroatoms. The first-order valence-electron chi connectivity index (χ1n) is 9.33. The molecule has 0 aliphatic rings. The van der Waals surface area contributed by atoms with Gasteiger partial charge in [-0.15, -0.1) is 11.8 Å². The molecule has 2 aromatic rings. The van der Waals surface area contributed by atoms with E-state index < -0.39 is 8.32 Å². The van der Waals surface area contributed by atoms with E-state index in [2.05, 4.69) is 89.3 Å². The monoisotopic (exact) mass is 387 g/mol. The highest BCUT2D eigenvalue weighted by Crippen LogP contribution is 2.38. The predicted molar refractivity (Wildman–Crippen MR) is 118 cm³/mol. The first kappa shape index (κ1) is 21.2. The summed E-state index contributed by atoms with van der Waals surface area (Å²) in [5, 5.41) is 0.237. The van der Waals surface area contributed by atoms with Gasteiger partial charge in [0.05, 0.1) is 6.10 Å². The fourth-order valence-corrected chi connectivity index (χ4v) is 5.21. The Kier molecular flexibility index (Phi) is 7.14. The topological polar surface area (TPSA) is 35.2 Å². The standard InChI is InChI=1S/C22H33NOSSi/c1-17(24-26(5,6)22(2,3)4)16-25-21-14-18(15-23)12-13-20(21)19-10-8-7-9-11-19/h7-14,17H,15-16,23H2,1-6H3. The lowest BCUT2D eigenvalue weighted by Gasteiger charge is -2.38. The maximum absolute atomic E-state index is 6.52. The van der Waals surface area contributed by atoms with Crippen molar-refractivity contribution >= 4 is 20.1 Å². The fraction of sp³-hybridized carbons (Fsp3) is 0.455. The first-order chi connectivity index (χ1) is 12.1. The van der Waals surface area contributed by atoms with Crippen LogP contribution in [0.3, 0.4) is 0 Å². The molecule has 0 heterocycles. The summed E-state index contributed by atoms with van der Waals surface area (Å²) >= 11 is 1.87. The van der Waals surface area contributed by atoms with E-state index in [-0.39, 0.29) is 11.1 Å². The van der Waals surface area contributed by atoms with Crippen LogP contribution in [0.2, 0.25) is 18.1 Å². The van der Waals surface area contributed by atoms with E-state index in [1.807, 2.05) is 11.8 Å². The third-order valence-electron chi connectivity index (χ3n) is 5.14. The zero-order valence-electron chi connectivity index (χ0n) is 17.0. The lowest BCUT2D eigenvalue weighted by atomic mass is 10.0. The largest absolute Gasteiger partial charge is 0.413 e. The summed E-state index contributed by atoms with van der Waals surface area (Å²) in [6.07, 6.45) is 0.228. The van der Waals surface area contributed by atoms with Crippen molar-refractivity contribution in [2.75, 3.05) is 5.75 Å². The van der Waals surface area contributed by atoms with Crippen LogP contribution in [0.25, 0.3) is 11.1 Å². The Balaban J connectivity index is 2.16. The average Bonchev–Trinajstić information content (AvgIpc) is 2.59. The molecule has 2 rings (SSSR count). The average molecular weight is 388 g/mol. The van der Waals surface area contributed by atoms with E-state index in [0.29, 0.717) is 6.54 Å². The molecule has 0 bridgehead atoms. The zero-order valence-corrected chi connectivity index (χ0v) is 18.8. The van der Waals surface area contributed by atoms with Crippen LogP contribution in [-0.4, -0.2) is 20.2 Å². The molecule has 0 amide bonds. The molecule has 2 nitrogen and oxygen atoms in total. The third kappa shape index (κ3) is 5.46. The van der Waals surface area contributed by atoms with Gasteiger partial charge in [0.25, 0.3) is 0 Å². The van der Waals surface area contributed by atoms with Gasteiger partial charge in [-0.3, -0.25) is 0 Å². The van der Waals surface area contributed by atoms with Crippen LogP contribution in [0.4, 0.5) is 0 Å². The van der Waals surface area contributed by atoms with Gasteiger partial charge in [-0.25, -0.2) is 0 Å². The minimum atomic E-state index is -1.73. The Labute approximate surface area is 164 Å². The van der Waals surface area contributed by atoms with E-state index >= 15 is 0 Å². The van der Waals surface area contributed by atoms with Crippen molar-refractivity contribution in [2.24, 2.45) is 5.73 Å². The number of nitrogens with two attached hydrogens (primary N) is 1. The maximum atomic E-state index is 6.52. The molecule has 26 heavy (non-hydrogen) atoms. The predicted octanol–water partition coefficient (Wildman–Crippen LogP) is 6.31. The van der Waals surface area contributed by atoms with Gasteiger partial charge < -0.3 is 10.2 Å². The first-order valence-corrected chi connectivity index (χ1v) is 13.2. The Morgan fingerprint density at radius 2 is 1.73 bits per heavy atom. The molecule has 0 radical (unpaired) electrons. The minimum absolute atomic E-state index is 0.228. The highest BCUT2D eigenvalue weighted by Gasteiger charge is 2.38. The van der Waals surface area contributed by atoms with Crippen LogP contribution in [0.15, 0.2) is 53.4 Å². The van der Waals surface area contributed by atoms with E-state index in [1.54, 1.807) is 0 Å². The summed E-state index contributed by atoms with van der Waals surface area (Å²) in [7, 11) is -1.73. The highest BCUT2D eigenvalue weighted by atomic mass is 32.2. The Bertz CT molecular complexity index is 710. The van der Waals surface area contributed by atoms with E-state index in [4.69, 9.17) is 10.2 Å². The second-order valence-electron chi connectivity index (χ2n) is 8.40. The molecule has 0 fully saturated rings. The van der Waals surface area contributed by atoms with Crippen molar-refractivity contribution in [3.63, 3.8) is 0 Å². The zero-order chi connectivity index (χ0) is 19.4. The number of benzene rings is 2. The number of hydrogen-bond acceptors (Lipinski definition) is 3. The molecular weight excluding hydrogens is 354 g/mol. The van der Waals surface area contributed by atoms with Gasteiger partial charge in [-0.1, -0.05) is 63.2 Å². The van der Waals surface area contributed by atoms with Gasteiger partial charge in [-0.2, -0.15) is 0 Å². The summed E-state index contributed by atoms with van der Waals surface area (Å²) in [5.41, 5.74) is 9.56. The van der Waals surface area contributed by atoms with Crippen molar-refractivity contribution in [1.82, 2.24) is 0 Å². The molecule has 2 aromatic carbocycles. The second kappa shape index (κ2) is 8.74. The van der Waals surface area contributed by atoms with Gasteiger partial charge in [0.1, 0.15) is 0 Å². The van der Waals surface area contributed by atoms with E-state index in [9.17, 15) is 0 Å². The van der Waals surface area contributed by atoms with Crippen LogP contribution in [0.5, 0.6) is 0 Å². The molecule has 0 saturated heterocycles. The SMILES string of the molecule is CC(CSc1cc(CN)ccc1-c1ccccc1)O[Si](C)(C)C(C)(C)C. The van der Waals surface area contributed by atoms with Crippen LogP contribution in [-0.2, 0) is 11.0 Å². The van der Waals surface area contributed by atoms with Crippen LogP contribution in [0, 0.1) is 0 Å². The molecule has 2 N–H and O–H groups in total. The number of thioether (sulfide) groups is 1. The van der Waals surface area contributed by atoms with Crippen molar-refractivity contribution in [2.45, 2.75) is 63.4 Å². The molecule has 0 spiro atoms. The Hall–Kier alpha value is -1.07. The summed E-state index contributed by atoms with van der Waals surface area (Å²) in [6, 6.07) is 17.1. The molecular formula is C22H33NOSSi. The van der Waals surface area contributed by atoms with Gasteiger partial charge in [0, 0.05) is 17.2 Å². The van der Waals surface area contributed by atoms with Crippen molar-refractivity contribution in [3.05, 3.63) is 54.1 Å². The van der Waals surface area contributed by atoms with Gasteiger partial charge in [0.2, 0.25) is 0 Å². The number of hydrogen-bond donors (Lipinski definition) is 1.